The standard InChI is InChI=1S/C8H16N2/c9-6-8(10)7-4-2-1-3-5-7/h2,4,7-8H,1,3,5-6,9-10H2. The van der Waals surface area contributed by atoms with Gasteiger partial charge in [-0.15, -0.1) is 0 Å². The first-order chi connectivity index (χ1) is 4.84. The molecule has 0 fully saturated rings. The highest BCUT2D eigenvalue weighted by Gasteiger charge is 2.14. The molecule has 2 atom stereocenters. The molecule has 1 aliphatic carbocycles. The van der Waals surface area contributed by atoms with E-state index in [0.29, 0.717) is 12.5 Å². The Morgan fingerprint density at radius 1 is 1.60 bits per heavy atom. The molecule has 2 nitrogen and oxygen atoms in total. The molecule has 2 unspecified atom stereocenters. The van der Waals surface area contributed by atoms with Gasteiger partial charge in [-0.2, -0.15) is 0 Å². The third kappa shape index (κ3) is 1.82. The number of hydrogen-bond acceptors (Lipinski definition) is 2. The minimum atomic E-state index is 0.177. The molecule has 0 aliphatic heterocycles. The van der Waals surface area contributed by atoms with Crippen LogP contribution in [0.3, 0.4) is 0 Å². The Morgan fingerprint density at radius 3 is 2.90 bits per heavy atom. The molecule has 0 aromatic heterocycles. The van der Waals surface area contributed by atoms with E-state index >= 15 is 0 Å². The Kier molecular flexibility index (Phi) is 2.90. The second kappa shape index (κ2) is 3.74. The number of nitrogens with two attached hydrogens (primary N) is 2. The summed E-state index contributed by atoms with van der Waals surface area (Å²) in [4.78, 5) is 0. The van der Waals surface area contributed by atoms with Gasteiger partial charge in [-0.25, -0.2) is 0 Å². The van der Waals surface area contributed by atoms with Crippen LogP contribution in [0.4, 0.5) is 0 Å². The summed E-state index contributed by atoms with van der Waals surface area (Å²) in [5, 5.41) is 0. The minimum absolute atomic E-state index is 0.177. The fraction of sp³-hybridized carbons (Fsp3) is 0.750. The van der Waals surface area contributed by atoms with Gasteiger partial charge in [-0.3, -0.25) is 0 Å². The molecular formula is C8H16N2. The quantitative estimate of drug-likeness (QED) is 0.553. The zero-order chi connectivity index (χ0) is 7.40. The van der Waals surface area contributed by atoms with Gasteiger partial charge in [0.2, 0.25) is 0 Å². The molecule has 0 heterocycles. The van der Waals surface area contributed by atoms with E-state index in [1.165, 1.54) is 19.3 Å². The van der Waals surface area contributed by atoms with Crippen molar-refractivity contribution >= 4 is 0 Å². The Morgan fingerprint density at radius 2 is 2.40 bits per heavy atom. The van der Waals surface area contributed by atoms with Crippen molar-refractivity contribution in [3.8, 4) is 0 Å². The Balaban J connectivity index is 2.38. The summed E-state index contributed by atoms with van der Waals surface area (Å²) < 4.78 is 0. The van der Waals surface area contributed by atoms with Crippen molar-refractivity contribution in [2.75, 3.05) is 6.54 Å². The van der Waals surface area contributed by atoms with E-state index in [2.05, 4.69) is 12.2 Å². The summed E-state index contributed by atoms with van der Waals surface area (Å²) in [6, 6.07) is 0.177. The zero-order valence-corrected chi connectivity index (χ0v) is 6.29. The van der Waals surface area contributed by atoms with Crippen LogP contribution < -0.4 is 11.5 Å². The highest BCUT2D eigenvalue weighted by molar-refractivity contribution is 4.97. The van der Waals surface area contributed by atoms with Gasteiger partial charge >= 0.3 is 0 Å². The second-order valence-electron chi connectivity index (χ2n) is 2.92. The van der Waals surface area contributed by atoms with E-state index < -0.39 is 0 Å². The maximum absolute atomic E-state index is 5.77. The van der Waals surface area contributed by atoms with E-state index in [-0.39, 0.29) is 6.04 Å². The van der Waals surface area contributed by atoms with Crippen molar-refractivity contribution in [1.29, 1.82) is 0 Å². The number of allylic oxidation sites excluding steroid dienone is 1. The summed E-state index contributed by atoms with van der Waals surface area (Å²) in [5.74, 6) is 0.541. The maximum atomic E-state index is 5.77. The molecule has 0 amide bonds. The zero-order valence-electron chi connectivity index (χ0n) is 6.29. The lowest BCUT2D eigenvalue weighted by Crippen LogP contribution is -2.36. The van der Waals surface area contributed by atoms with E-state index in [1.807, 2.05) is 0 Å². The topological polar surface area (TPSA) is 52.0 Å². The third-order valence-electron chi connectivity index (χ3n) is 2.11. The van der Waals surface area contributed by atoms with Gasteiger partial charge in [0.25, 0.3) is 0 Å². The first-order valence-electron chi connectivity index (χ1n) is 3.97. The van der Waals surface area contributed by atoms with Gasteiger partial charge in [0.05, 0.1) is 0 Å². The predicted octanol–water partition coefficient (Wildman–Crippen LogP) is 0.629. The fourth-order valence-corrected chi connectivity index (χ4v) is 1.37. The Hall–Kier alpha value is -0.340. The number of rotatable bonds is 2. The van der Waals surface area contributed by atoms with Crippen molar-refractivity contribution in [3.63, 3.8) is 0 Å². The molecule has 0 saturated carbocycles. The van der Waals surface area contributed by atoms with Crippen molar-refractivity contribution in [2.24, 2.45) is 17.4 Å². The molecule has 10 heavy (non-hydrogen) atoms. The first kappa shape index (κ1) is 7.76. The van der Waals surface area contributed by atoms with Crippen LogP contribution in [0.2, 0.25) is 0 Å². The monoisotopic (exact) mass is 140 g/mol. The average molecular weight is 140 g/mol. The van der Waals surface area contributed by atoms with Crippen LogP contribution in [-0.4, -0.2) is 12.6 Å². The fourth-order valence-electron chi connectivity index (χ4n) is 1.37. The Labute approximate surface area is 62.3 Å². The molecule has 2 heteroatoms. The van der Waals surface area contributed by atoms with Gasteiger partial charge < -0.3 is 11.5 Å². The summed E-state index contributed by atoms with van der Waals surface area (Å²) in [6.07, 6.45) is 8.13. The largest absolute Gasteiger partial charge is 0.329 e. The van der Waals surface area contributed by atoms with Crippen LogP contribution in [0.5, 0.6) is 0 Å². The molecule has 0 spiro atoms. The lowest BCUT2D eigenvalue weighted by Gasteiger charge is -2.21. The van der Waals surface area contributed by atoms with Gasteiger partial charge in [0.1, 0.15) is 0 Å². The first-order valence-corrected chi connectivity index (χ1v) is 3.97. The molecule has 4 N–H and O–H groups in total. The summed E-state index contributed by atoms with van der Waals surface area (Å²) in [5.41, 5.74) is 11.2. The molecule has 1 rings (SSSR count). The van der Waals surface area contributed by atoms with Crippen molar-refractivity contribution < 1.29 is 0 Å². The maximum Gasteiger partial charge on any atom is 0.0226 e. The molecule has 0 radical (unpaired) electrons. The van der Waals surface area contributed by atoms with Gasteiger partial charge in [0.15, 0.2) is 0 Å². The molecule has 0 aromatic rings. The Bertz CT molecular complexity index is 120. The smallest absolute Gasteiger partial charge is 0.0226 e. The van der Waals surface area contributed by atoms with E-state index in [0.717, 1.165) is 0 Å². The molecule has 1 aliphatic rings. The minimum Gasteiger partial charge on any atom is -0.329 e. The van der Waals surface area contributed by atoms with Gasteiger partial charge in [-0.05, 0) is 25.2 Å². The summed E-state index contributed by atoms with van der Waals surface area (Å²) in [6.45, 7) is 0.606. The van der Waals surface area contributed by atoms with Crippen LogP contribution in [0.25, 0.3) is 0 Å². The van der Waals surface area contributed by atoms with Gasteiger partial charge in [-0.1, -0.05) is 12.2 Å². The van der Waals surface area contributed by atoms with Crippen LogP contribution in [-0.2, 0) is 0 Å². The molecule has 58 valence electrons. The van der Waals surface area contributed by atoms with Gasteiger partial charge in [0, 0.05) is 12.6 Å². The van der Waals surface area contributed by atoms with E-state index in [4.69, 9.17) is 11.5 Å². The van der Waals surface area contributed by atoms with Crippen molar-refractivity contribution in [3.05, 3.63) is 12.2 Å². The van der Waals surface area contributed by atoms with Crippen LogP contribution in [0, 0.1) is 5.92 Å². The van der Waals surface area contributed by atoms with Crippen molar-refractivity contribution in [1.82, 2.24) is 0 Å². The summed E-state index contributed by atoms with van der Waals surface area (Å²) in [7, 11) is 0. The van der Waals surface area contributed by atoms with E-state index in [1.54, 1.807) is 0 Å². The predicted molar refractivity (Wildman–Crippen MR) is 43.5 cm³/mol. The van der Waals surface area contributed by atoms with Crippen LogP contribution in [0.1, 0.15) is 19.3 Å². The van der Waals surface area contributed by atoms with Crippen LogP contribution >= 0.6 is 0 Å². The normalized spacial score (nSPS) is 28.4. The molecule has 0 aromatic carbocycles. The lowest BCUT2D eigenvalue weighted by molar-refractivity contribution is 0.449. The average Bonchev–Trinajstić information content (AvgIpc) is 2.05. The highest BCUT2D eigenvalue weighted by Crippen LogP contribution is 2.18. The SMILES string of the molecule is NCC(N)C1C=CCCC1. The van der Waals surface area contributed by atoms with E-state index in [9.17, 15) is 0 Å². The molecule has 0 saturated heterocycles. The third-order valence-corrected chi connectivity index (χ3v) is 2.11. The second-order valence-corrected chi connectivity index (χ2v) is 2.92. The number of hydrogen-bond donors (Lipinski definition) is 2. The summed E-state index contributed by atoms with van der Waals surface area (Å²) >= 11 is 0. The van der Waals surface area contributed by atoms with Crippen LogP contribution in [0.15, 0.2) is 12.2 Å². The van der Waals surface area contributed by atoms with Crippen molar-refractivity contribution in [2.45, 2.75) is 25.3 Å². The highest BCUT2D eigenvalue weighted by atomic mass is 14.7. The molecule has 0 bridgehead atoms. The lowest BCUT2D eigenvalue weighted by atomic mass is 9.90. The molecular weight excluding hydrogens is 124 g/mol.